The summed E-state index contributed by atoms with van der Waals surface area (Å²) < 4.78 is 14.1. The molecule has 30 heavy (non-hydrogen) atoms. The fourth-order valence-corrected chi connectivity index (χ4v) is 4.55. The van der Waals surface area contributed by atoms with Gasteiger partial charge in [-0.1, -0.05) is 0 Å². The van der Waals surface area contributed by atoms with Crippen molar-refractivity contribution in [3.8, 4) is 11.4 Å². The predicted molar refractivity (Wildman–Crippen MR) is 109 cm³/mol. The van der Waals surface area contributed by atoms with E-state index in [0.717, 1.165) is 18.5 Å². The molecule has 3 atom stereocenters. The van der Waals surface area contributed by atoms with Gasteiger partial charge in [-0.05, 0) is 49.9 Å². The van der Waals surface area contributed by atoms with Crippen molar-refractivity contribution in [3.63, 3.8) is 0 Å². The van der Waals surface area contributed by atoms with Crippen molar-refractivity contribution < 1.29 is 9.18 Å². The van der Waals surface area contributed by atoms with E-state index in [1.165, 1.54) is 12.1 Å². The zero-order valence-electron chi connectivity index (χ0n) is 16.5. The molecule has 1 saturated carbocycles. The molecule has 8 heteroatoms. The molecule has 0 radical (unpaired) electrons. The summed E-state index contributed by atoms with van der Waals surface area (Å²) in [5.74, 6) is 0.891. The summed E-state index contributed by atoms with van der Waals surface area (Å²) >= 11 is 0. The zero-order valence-corrected chi connectivity index (χ0v) is 16.5. The predicted octanol–water partition coefficient (Wildman–Crippen LogP) is 3.10. The van der Waals surface area contributed by atoms with Gasteiger partial charge in [0.05, 0.1) is 29.7 Å². The van der Waals surface area contributed by atoms with Crippen LogP contribution in [0.2, 0.25) is 0 Å². The maximum absolute atomic E-state index is 14.1. The van der Waals surface area contributed by atoms with Crippen LogP contribution >= 0.6 is 0 Å². The lowest BCUT2D eigenvalue weighted by Gasteiger charge is -2.34. The summed E-state index contributed by atoms with van der Waals surface area (Å²) in [6, 6.07) is 6.02. The molecule has 3 heterocycles. The van der Waals surface area contributed by atoms with Gasteiger partial charge in [0.25, 0.3) is 5.91 Å². The fourth-order valence-electron chi connectivity index (χ4n) is 4.55. The Morgan fingerprint density at radius 1 is 1.13 bits per heavy atom. The van der Waals surface area contributed by atoms with Crippen LogP contribution < -0.4 is 5.32 Å². The minimum absolute atomic E-state index is 0.0263. The lowest BCUT2D eigenvalue weighted by Crippen LogP contribution is -2.48. The first-order valence-electron chi connectivity index (χ1n) is 10.0. The maximum atomic E-state index is 14.1. The van der Waals surface area contributed by atoms with Crippen molar-refractivity contribution in [2.75, 3.05) is 11.9 Å². The summed E-state index contributed by atoms with van der Waals surface area (Å²) in [4.78, 5) is 32.5. The van der Waals surface area contributed by atoms with Crippen molar-refractivity contribution in [1.29, 1.82) is 0 Å². The normalized spacial score (nSPS) is 22.3. The molecular weight excluding hydrogens is 383 g/mol. The average molecular weight is 404 g/mol. The summed E-state index contributed by atoms with van der Waals surface area (Å²) in [5.41, 5.74) is 1.69. The first kappa shape index (κ1) is 18.6. The molecule has 152 valence electrons. The van der Waals surface area contributed by atoms with Gasteiger partial charge in [0.1, 0.15) is 11.6 Å². The number of piperidine rings is 1. The molecule has 3 aromatic rings. The molecule has 1 N–H and O–H groups in total. The van der Waals surface area contributed by atoms with Gasteiger partial charge in [0, 0.05) is 30.5 Å². The van der Waals surface area contributed by atoms with Gasteiger partial charge in [-0.3, -0.25) is 9.78 Å². The van der Waals surface area contributed by atoms with Crippen LogP contribution in [0.3, 0.4) is 0 Å². The Morgan fingerprint density at radius 3 is 2.70 bits per heavy atom. The largest absolute Gasteiger partial charge is 0.364 e. The van der Waals surface area contributed by atoms with Crippen LogP contribution in [0.5, 0.6) is 0 Å². The SMILES string of the molecule is Cc1cnc(NC2CC3CC2N(C(=O)c2cc(F)ccc2-c2ncccn2)C3)cn1. The Kier molecular flexibility index (Phi) is 4.61. The number of hydrogen-bond acceptors (Lipinski definition) is 6. The van der Waals surface area contributed by atoms with Crippen molar-refractivity contribution in [3.05, 3.63) is 66.1 Å². The minimum Gasteiger partial charge on any atom is -0.364 e. The third kappa shape index (κ3) is 3.38. The Morgan fingerprint density at radius 2 is 1.97 bits per heavy atom. The van der Waals surface area contributed by atoms with Gasteiger partial charge in [0.2, 0.25) is 0 Å². The van der Waals surface area contributed by atoms with Crippen LogP contribution in [0.15, 0.2) is 49.1 Å². The van der Waals surface area contributed by atoms with Crippen molar-refractivity contribution in [1.82, 2.24) is 24.8 Å². The molecule has 0 spiro atoms. The molecule has 1 aromatic carbocycles. The van der Waals surface area contributed by atoms with Crippen molar-refractivity contribution in [2.24, 2.45) is 5.92 Å². The van der Waals surface area contributed by atoms with Crippen LogP contribution in [0.25, 0.3) is 11.4 Å². The number of likely N-dealkylation sites (tertiary alicyclic amines) is 1. The lowest BCUT2D eigenvalue weighted by molar-refractivity contribution is 0.0692. The minimum atomic E-state index is -0.452. The van der Waals surface area contributed by atoms with Gasteiger partial charge in [-0.25, -0.2) is 19.3 Å². The van der Waals surface area contributed by atoms with Crippen molar-refractivity contribution in [2.45, 2.75) is 31.8 Å². The van der Waals surface area contributed by atoms with E-state index >= 15 is 0 Å². The number of halogens is 1. The molecule has 3 unspecified atom stereocenters. The van der Waals surface area contributed by atoms with Gasteiger partial charge in [-0.2, -0.15) is 0 Å². The Balaban J connectivity index is 1.42. The van der Waals surface area contributed by atoms with Crippen LogP contribution in [-0.2, 0) is 0 Å². The van der Waals surface area contributed by atoms with Crippen LogP contribution in [0, 0.1) is 18.7 Å². The van der Waals surface area contributed by atoms with E-state index in [0.29, 0.717) is 35.2 Å². The average Bonchev–Trinajstić information content (AvgIpc) is 3.36. The highest BCUT2D eigenvalue weighted by Crippen LogP contribution is 2.40. The van der Waals surface area contributed by atoms with E-state index < -0.39 is 5.82 Å². The van der Waals surface area contributed by atoms with Gasteiger partial charge in [0.15, 0.2) is 5.82 Å². The zero-order chi connectivity index (χ0) is 20.7. The van der Waals surface area contributed by atoms with Gasteiger partial charge < -0.3 is 10.2 Å². The van der Waals surface area contributed by atoms with Gasteiger partial charge in [-0.15, -0.1) is 0 Å². The second-order valence-corrected chi connectivity index (χ2v) is 7.92. The number of aryl methyl sites for hydroxylation is 1. The molecule has 2 aliphatic rings. The number of carbonyl (C=O) groups is 1. The number of fused-ring (bicyclic) bond motifs is 2. The standard InChI is InChI=1S/C22H21FN6O/c1-13-10-27-20(11-26-13)28-18-7-14-8-19(18)29(12-14)22(30)17-9-15(23)3-4-16(17)21-24-5-2-6-25-21/h2-6,9-11,14,18-19H,7-8,12H2,1H3,(H,27,28). The quantitative estimate of drug-likeness (QED) is 0.719. The highest BCUT2D eigenvalue weighted by molar-refractivity contribution is 6.00. The number of hydrogen-bond donors (Lipinski definition) is 1. The van der Waals surface area contributed by atoms with Crippen molar-refractivity contribution >= 4 is 11.7 Å². The number of anilines is 1. The first-order valence-corrected chi connectivity index (χ1v) is 10.0. The lowest BCUT2D eigenvalue weighted by atomic mass is 10.0. The number of nitrogens with zero attached hydrogens (tertiary/aromatic N) is 5. The summed E-state index contributed by atoms with van der Waals surface area (Å²) in [5, 5.41) is 3.43. The molecule has 2 bridgehead atoms. The highest BCUT2D eigenvalue weighted by atomic mass is 19.1. The Bertz CT molecular complexity index is 1070. The fraction of sp³-hybridized carbons (Fsp3) is 0.318. The van der Waals surface area contributed by atoms with Crippen LogP contribution in [-0.4, -0.2) is 49.4 Å². The number of benzene rings is 1. The van der Waals surface area contributed by atoms with Crippen LogP contribution in [0.1, 0.15) is 28.9 Å². The molecule has 1 saturated heterocycles. The molecule has 5 rings (SSSR count). The Labute approximate surface area is 173 Å². The Hall–Kier alpha value is -3.42. The van der Waals surface area contributed by atoms with Gasteiger partial charge >= 0.3 is 0 Å². The summed E-state index contributed by atoms with van der Waals surface area (Å²) in [6.45, 7) is 2.56. The van der Waals surface area contributed by atoms with Crippen LogP contribution in [0.4, 0.5) is 10.2 Å². The smallest absolute Gasteiger partial charge is 0.255 e. The van der Waals surface area contributed by atoms with E-state index in [9.17, 15) is 9.18 Å². The van der Waals surface area contributed by atoms with E-state index in [4.69, 9.17) is 0 Å². The molecule has 2 fully saturated rings. The molecule has 1 aliphatic heterocycles. The second kappa shape index (κ2) is 7.44. The van der Waals surface area contributed by atoms with E-state index in [1.54, 1.807) is 36.9 Å². The maximum Gasteiger partial charge on any atom is 0.255 e. The first-order chi connectivity index (χ1) is 14.6. The summed E-state index contributed by atoms with van der Waals surface area (Å²) in [7, 11) is 0. The molecular formula is C22H21FN6O. The molecule has 1 aliphatic carbocycles. The monoisotopic (exact) mass is 404 g/mol. The number of amides is 1. The van der Waals surface area contributed by atoms with E-state index in [-0.39, 0.29) is 18.0 Å². The molecule has 1 amide bonds. The second-order valence-electron chi connectivity index (χ2n) is 7.92. The number of aromatic nitrogens is 4. The van der Waals surface area contributed by atoms with E-state index in [2.05, 4.69) is 25.3 Å². The third-order valence-corrected chi connectivity index (χ3v) is 5.88. The van der Waals surface area contributed by atoms with E-state index in [1.807, 2.05) is 11.8 Å². The number of carbonyl (C=O) groups excluding carboxylic acids is 1. The number of rotatable bonds is 4. The molecule has 2 aromatic heterocycles. The molecule has 7 nitrogen and oxygen atoms in total. The summed E-state index contributed by atoms with van der Waals surface area (Å²) in [6.07, 6.45) is 8.56. The topological polar surface area (TPSA) is 83.9 Å². The third-order valence-electron chi connectivity index (χ3n) is 5.88. The highest BCUT2D eigenvalue weighted by Gasteiger charge is 2.47. The number of nitrogens with one attached hydrogen (secondary N) is 1.